The van der Waals surface area contributed by atoms with E-state index in [2.05, 4.69) is 5.32 Å². The van der Waals surface area contributed by atoms with Crippen LogP contribution in [0.3, 0.4) is 0 Å². The van der Waals surface area contributed by atoms with Crippen LogP contribution in [0.2, 0.25) is 0 Å². The third kappa shape index (κ3) is 2.18. The van der Waals surface area contributed by atoms with Gasteiger partial charge in [0.1, 0.15) is 0 Å². The van der Waals surface area contributed by atoms with E-state index < -0.39 is 11.8 Å². The summed E-state index contributed by atoms with van der Waals surface area (Å²) in [4.78, 5) is 0. The largest absolute Gasteiger partial charge is 0.319 e. The maximum atomic E-state index is 14.2. The number of benzene rings is 1. The van der Waals surface area contributed by atoms with E-state index in [0.717, 1.165) is 24.9 Å². The van der Waals surface area contributed by atoms with Gasteiger partial charge in [-0.05, 0) is 44.4 Å². The zero-order valence-electron chi connectivity index (χ0n) is 11.4. The monoisotopic (exact) mass is 265 g/mol. The van der Waals surface area contributed by atoms with Crippen LogP contribution in [0.15, 0.2) is 24.3 Å². The van der Waals surface area contributed by atoms with E-state index in [1.54, 1.807) is 18.2 Å². The first-order chi connectivity index (χ1) is 9.08. The van der Waals surface area contributed by atoms with Crippen LogP contribution in [-0.2, 0) is 11.3 Å². The molecule has 0 saturated heterocycles. The lowest BCUT2D eigenvalue weighted by Gasteiger charge is -2.43. The number of alkyl halides is 2. The number of halogens is 2. The van der Waals surface area contributed by atoms with E-state index in [-0.39, 0.29) is 11.0 Å². The van der Waals surface area contributed by atoms with Gasteiger partial charge in [-0.2, -0.15) is 0 Å². The summed E-state index contributed by atoms with van der Waals surface area (Å²) in [6.07, 6.45) is 4.74. The molecule has 0 unspecified atom stereocenters. The molecule has 2 fully saturated rings. The summed E-state index contributed by atoms with van der Waals surface area (Å²) in [5, 5.41) is 3.21. The van der Waals surface area contributed by atoms with Crippen molar-refractivity contribution in [2.45, 2.75) is 43.4 Å². The maximum Gasteiger partial charge on any atom is 0.276 e. The van der Waals surface area contributed by atoms with Crippen LogP contribution < -0.4 is 5.32 Å². The highest BCUT2D eigenvalue weighted by molar-refractivity contribution is 5.35. The maximum absolute atomic E-state index is 14.2. The molecule has 0 atom stereocenters. The molecule has 1 aromatic carbocycles. The average molecular weight is 265 g/mol. The Balaban J connectivity index is 1.91. The minimum absolute atomic E-state index is 0.0877. The fourth-order valence-electron chi connectivity index (χ4n) is 3.25. The molecular formula is C16H21F2N. The van der Waals surface area contributed by atoms with E-state index in [0.29, 0.717) is 12.8 Å². The number of nitrogens with one attached hydrogen (secondary N) is 1. The van der Waals surface area contributed by atoms with Gasteiger partial charge in [-0.3, -0.25) is 0 Å². The summed E-state index contributed by atoms with van der Waals surface area (Å²) in [7, 11) is 1.93. The van der Waals surface area contributed by atoms with Gasteiger partial charge in [0.15, 0.2) is 0 Å². The van der Waals surface area contributed by atoms with Crippen LogP contribution in [0.4, 0.5) is 8.78 Å². The smallest absolute Gasteiger partial charge is 0.276 e. The van der Waals surface area contributed by atoms with Crippen molar-refractivity contribution in [3.63, 3.8) is 0 Å². The van der Waals surface area contributed by atoms with Gasteiger partial charge >= 0.3 is 0 Å². The summed E-state index contributed by atoms with van der Waals surface area (Å²) in [5.41, 5.74) is 1.39. The van der Waals surface area contributed by atoms with Gasteiger partial charge in [-0.1, -0.05) is 24.6 Å². The topological polar surface area (TPSA) is 12.0 Å². The van der Waals surface area contributed by atoms with E-state index >= 15 is 0 Å². The third-order valence-electron chi connectivity index (χ3n) is 4.78. The van der Waals surface area contributed by atoms with Crippen LogP contribution in [0.1, 0.15) is 43.2 Å². The zero-order chi connectivity index (χ0) is 13.5. The fraction of sp³-hybridized carbons (Fsp3) is 0.625. The molecular weight excluding hydrogens is 244 g/mol. The Labute approximate surface area is 113 Å². The molecule has 0 aromatic heterocycles. The summed E-state index contributed by atoms with van der Waals surface area (Å²) in [6.45, 7) is 0.880. The van der Waals surface area contributed by atoms with Gasteiger partial charge in [-0.25, -0.2) is 8.78 Å². The van der Waals surface area contributed by atoms with Crippen molar-refractivity contribution in [1.29, 1.82) is 0 Å². The van der Waals surface area contributed by atoms with Crippen molar-refractivity contribution in [1.82, 2.24) is 5.32 Å². The molecule has 0 radical (unpaired) electrons. The van der Waals surface area contributed by atoms with Crippen LogP contribution in [0.25, 0.3) is 0 Å². The molecule has 2 aliphatic carbocycles. The Morgan fingerprint density at radius 2 is 2.05 bits per heavy atom. The molecule has 2 aliphatic rings. The number of rotatable bonds is 5. The molecule has 0 heterocycles. The summed E-state index contributed by atoms with van der Waals surface area (Å²) >= 11 is 0. The van der Waals surface area contributed by atoms with Gasteiger partial charge in [-0.15, -0.1) is 0 Å². The van der Waals surface area contributed by atoms with Gasteiger partial charge in [0.05, 0.1) is 0 Å². The molecule has 3 heteroatoms. The van der Waals surface area contributed by atoms with Crippen molar-refractivity contribution >= 4 is 0 Å². The quantitative estimate of drug-likeness (QED) is 0.853. The molecule has 1 N–H and O–H groups in total. The fourth-order valence-corrected chi connectivity index (χ4v) is 3.25. The van der Waals surface area contributed by atoms with E-state index in [1.807, 2.05) is 13.1 Å². The molecule has 0 spiro atoms. The van der Waals surface area contributed by atoms with Crippen molar-refractivity contribution in [2.24, 2.45) is 5.92 Å². The standard InChI is InChI=1S/C16H21F2N/c1-19-11-15(8-3-9-15)13-4-2-5-14(10-13)16(17,18)12-6-7-12/h2,4-5,10,12,19H,3,6-9,11H2,1H3. The van der Waals surface area contributed by atoms with Crippen molar-refractivity contribution in [3.8, 4) is 0 Å². The predicted molar refractivity (Wildman–Crippen MR) is 72.5 cm³/mol. The summed E-state index contributed by atoms with van der Waals surface area (Å²) < 4.78 is 28.4. The minimum atomic E-state index is -2.64. The zero-order valence-corrected chi connectivity index (χ0v) is 11.4. The first-order valence-electron chi connectivity index (χ1n) is 7.22. The SMILES string of the molecule is CNCC1(c2cccc(C(F)(F)C3CC3)c2)CCC1. The highest BCUT2D eigenvalue weighted by atomic mass is 19.3. The van der Waals surface area contributed by atoms with Crippen molar-refractivity contribution < 1.29 is 8.78 Å². The summed E-state index contributed by atoms with van der Waals surface area (Å²) in [6, 6.07) is 7.17. The first-order valence-corrected chi connectivity index (χ1v) is 7.22. The van der Waals surface area contributed by atoms with E-state index in [9.17, 15) is 8.78 Å². The minimum Gasteiger partial charge on any atom is -0.319 e. The Morgan fingerprint density at radius 3 is 2.58 bits per heavy atom. The van der Waals surface area contributed by atoms with E-state index in [1.165, 1.54) is 6.42 Å². The molecule has 1 nitrogen and oxygen atoms in total. The Kier molecular flexibility index (Phi) is 3.12. The second kappa shape index (κ2) is 4.55. The lowest BCUT2D eigenvalue weighted by Crippen LogP contribution is -2.42. The molecule has 2 saturated carbocycles. The molecule has 0 aliphatic heterocycles. The van der Waals surface area contributed by atoms with Crippen LogP contribution in [0.5, 0.6) is 0 Å². The highest BCUT2D eigenvalue weighted by Crippen LogP contribution is 2.51. The average Bonchev–Trinajstić information content (AvgIpc) is 3.18. The third-order valence-corrected chi connectivity index (χ3v) is 4.78. The molecule has 0 bridgehead atoms. The lowest BCUT2D eigenvalue weighted by atomic mass is 9.64. The van der Waals surface area contributed by atoms with E-state index in [4.69, 9.17) is 0 Å². The van der Waals surface area contributed by atoms with Gasteiger partial charge in [0.2, 0.25) is 0 Å². The predicted octanol–water partition coefficient (Wildman–Crippen LogP) is 3.83. The molecule has 1 aromatic rings. The Morgan fingerprint density at radius 1 is 1.32 bits per heavy atom. The number of likely N-dealkylation sites (N-methyl/N-ethyl adjacent to an activating group) is 1. The van der Waals surface area contributed by atoms with Crippen LogP contribution in [0, 0.1) is 5.92 Å². The normalized spacial score (nSPS) is 22.1. The molecule has 19 heavy (non-hydrogen) atoms. The lowest BCUT2D eigenvalue weighted by molar-refractivity contribution is -0.0287. The molecule has 0 amide bonds. The van der Waals surface area contributed by atoms with Gasteiger partial charge < -0.3 is 5.32 Å². The first kappa shape index (κ1) is 13.0. The Hall–Kier alpha value is -0.960. The second-order valence-corrected chi connectivity index (χ2v) is 6.14. The molecule has 104 valence electrons. The van der Waals surface area contributed by atoms with Crippen LogP contribution >= 0.6 is 0 Å². The highest BCUT2D eigenvalue weighted by Gasteiger charge is 2.48. The number of hydrogen-bond donors (Lipinski definition) is 1. The van der Waals surface area contributed by atoms with Gasteiger partial charge in [0, 0.05) is 23.4 Å². The van der Waals surface area contributed by atoms with Gasteiger partial charge in [0.25, 0.3) is 5.92 Å². The Bertz CT molecular complexity index is 462. The second-order valence-electron chi connectivity index (χ2n) is 6.14. The van der Waals surface area contributed by atoms with Crippen molar-refractivity contribution in [3.05, 3.63) is 35.4 Å². The number of hydrogen-bond acceptors (Lipinski definition) is 1. The summed E-state index contributed by atoms with van der Waals surface area (Å²) in [5.74, 6) is -3.06. The van der Waals surface area contributed by atoms with Crippen LogP contribution in [-0.4, -0.2) is 13.6 Å². The molecule has 3 rings (SSSR count). The van der Waals surface area contributed by atoms with Crippen molar-refractivity contribution in [2.75, 3.05) is 13.6 Å².